The van der Waals surface area contributed by atoms with Gasteiger partial charge in [0.1, 0.15) is 5.82 Å². The molecular formula is C19H14BrClFN3O2. The molecule has 0 spiro atoms. The van der Waals surface area contributed by atoms with Crippen molar-refractivity contribution in [3.05, 3.63) is 69.2 Å². The molecule has 1 aromatic heterocycles. The van der Waals surface area contributed by atoms with Gasteiger partial charge in [0.25, 0.3) is 0 Å². The first-order chi connectivity index (χ1) is 13.0. The fourth-order valence-electron chi connectivity index (χ4n) is 3.08. The summed E-state index contributed by atoms with van der Waals surface area (Å²) >= 11 is 9.34. The number of nitrogens with zero attached hydrogens (tertiary/aromatic N) is 3. The predicted octanol–water partition coefficient (Wildman–Crippen LogP) is 4.81. The Labute approximate surface area is 168 Å². The van der Waals surface area contributed by atoms with Gasteiger partial charge in [0.05, 0.1) is 10.4 Å². The van der Waals surface area contributed by atoms with E-state index in [1.54, 1.807) is 23.1 Å². The summed E-state index contributed by atoms with van der Waals surface area (Å²) in [6, 6.07) is 12.0. The minimum atomic E-state index is -0.362. The number of halogens is 3. The molecule has 1 aliphatic rings. The van der Waals surface area contributed by atoms with Crippen LogP contribution < -0.4 is 0 Å². The Morgan fingerprint density at radius 3 is 2.89 bits per heavy atom. The van der Waals surface area contributed by atoms with E-state index in [0.29, 0.717) is 46.3 Å². The first-order valence-electron chi connectivity index (χ1n) is 8.31. The summed E-state index contributed by atoms with van der Waals surface area (Å²) in [6.45, 7) is 0.930. The van der Waals surface area contributed by atoms with Crippen molar-refractivity contribution in [2.75, 3.05) is 6.54 Å². The van der Waals surface area contributed by atoms with Crippen LogP contribution in [0.4, 0.5) is 4.39 Å². The summed E-state index contributed by atoms with van der Waals surface area (Å²) in [6.07, 6.45) is 0.305. The highest BCUT2D eigenvalue weighted by atomic mass is 79.9. The minimum absolute atomic E-state index is 0.0178. The van der Waals surface area contributed by atoms with Crippen LogP contribution in [0.25, 0.3) is 11.4 Å². The number of benzene rings is 2. The van der Waals surface area contributed by atoms with Crippen molar-refractivity contribution in [1.82, 2.24) is 15.0 Å². The van der Waals surface area contributed by atoms with Gasteiger partial charge in [-0.1, -0.05) is 35.0 Å². The third-order valence-corrected chi connectivity index (χ3v) is 5.48. The van der Waals surface area contributed by atoms with E-state index in [0.717, 1.165) is 5.56 Å². The number of likely N-dealkylation sites (tertiary alicyclic amines) is 1. The van der Waals surface area contributed by atoms with Gasteiger partial charge >= 0.3 is 0 Å². The summed E-state index contributed by atoms with van der Waals surface area (Å²) in [5.41, 5.74) is 1.53. The maximum atomic E-state index is 13.4. The molecule has 1 unspecified atom stereocenters. The molecule has 3 aromatic rings. The van der Waals surface area contributed by atoms with E-state index in [2.05, 4.69) is 26.1 Å². The molecule has 8 heteroatoms. The molecule has 1 aliphatic heterocycles. The molecule has 1 saturated heterocycles. The van der Waals surface area contributed by atoms with E-state index in [1.807, 2.05) is 18.2 Å². The van der Waals surface area contributed by atoms with Crippen LogP contribution in [0.15, 0.2) is 51.5 Å². The van der Waals surface area contributed by atoms with Gasteiger partial charge in [-0.25, -0.2) is 4.39 Å². The van der Waals surface area contributed by atoms with Crippen molar-refractivity contribution < 1.29 is 13.7 Å². The summed E-state index contributed by atoms with van der Waals surface area (Å²) in [7, 11) is 0. The van der Waals surface area contributed by atoms with E-state index in [-0.39, 0.29) is 17.6 Å². The monoisotopic (exact) mass is 449 g/mol. The van der Waals surface area contributed by atoms with Crippen LogP contribution in [0.1, 0.15) is 23.8 Å². The van der Waals surface area contributed by atoms with Gasteiger partial charge in [-0.15, -0.1) is 0 Å². The lowest BCUT2D eigenvalue weighted by Gasteiger charge is -2.16. The number of aromatic nitrogens is 2. The first kappa shape index (κ1) is 18.1. The van der Waals surface area contributed by atoms with Gasteiger partial charge in [0.15, 0.2) is 0 Å². The highest BCUT2D eigenvalue weighted by Gasteiger charge is 2.34. The Morgan fingerprint density at radius 1 is 1.30 bits per heavy atom. The van der Waals surface area contributed by atoms with Crippen molar-refractivity contribution in [2.24, 2.45) is 0 Å². The van der Waals surface area contributed by atoms with Gasteiger partial charge in [0.2, 0.25) is 17.6 Å². The standard InChI is InChI=1S/C19H14BrClFN3O2/c20-14-7-11(5-6-16(14)22)18-23-19(27-24-18)13-8-17(26)25(10-13)9-12-3-1-2-4-15(12)21/h1-7,13H,8-10H2. The van der Waals surface area contributed by atoms with Crippen LogP contribution in [0.2, 0.25) is 5.02 Å². The Bertz CT molecular complexity index is 1010. The van der Waals surface area contributed by atoms with Crippen molar-refractivity contribution in [2.45, 2.75) is 18.9 Å². The smallest absolute Gasteiger partial charge is 0.232 e. The van der Waals surface area contributed by atoms with Gasteiger partial charge < -0.3 is 9.42 Å². The van der Waals surface area contributed by atoms with Crippen LogP contribution >= 0.6 is 27.5 Å². The second-order valence-electron chi connectivity index (χ2n) is 6.35. The number of carbonyl (C=O) groups is 1. The number of hydrogen-bond acceptors (Lipinski definition) is 4. The SMILES string of the molecule is O=C1CC(c2nc(-c3ccc(F)c(Br)c3)no2)CN1Cc1ccccc1Cl. The van der Waals surface area contributed by atoms with Crippen LogP contribution in [0, 0.1) is 5.82 Å². The molecule has 0 aliphatic carbocycles. The zero-order valence-corrected chi connectivity index (χ0v) is 16.4. The van der Waals surface area contributed by atoms with E-state index in [9.17, 15) is 9.18 Å². The third-order valence-electron chi connectivity index (χ3n) is 4.50. The van der Waals surface area contributed by atoms with E-state index in [4.69, 9.17) is 16.1 Å². The maximum Gasteiger partial charge on any atom is 0.232 e. The third kappa shape index (κ3) is 3.75. The molecule has 27 heavy (non-hydrogen) atoms. The Balaban J connectivity index is 1.50. The Hall–Kier alpha value is -2.25. The topological polar surface area (TPSA) is 59.2 Å². The molecule has 4 rings (SSSR count). The zero-order valence-electron chi connectivity index (χ0n) is 14.0. The molecule has 0 bridgehead atoms. The average molecular weight is 451 g/mol. The van der Waals surface area contributed by atoms with E-state index >= 15 is 0 Å². The number of hydrogen-bond donors (Lipinski definition) is 0. The van der Waals surface area contributed by atoms with Gasteiger partial charge in [-0.05, 0) is 45.8 Å². The summed E-state index contributed by atoms with van der Waals surface area (Å²) in [4.78, 5) is 18.5. The largest absolute Gasteiger partial charge is 0.339 e. The summed E-state index contributed by atoms with van der Waals surface area (Å²) in [5.74, 6) is 0.247. The highest BCUT2D eigenvalue weighted by molar-refractivity contribution is 9.10. The Morgan fingerprint density at radius 2 is 2.11 bits per heavy atom. The molecule has 1 amide bonds. The normalized spacial score (nSPS) is 16.9. The highest BCUT2D eigenvalue weighted by Crippen LogP contribution is 2.31. The predicted molar refractivity (Wildman–Crippen MR) is 102 cm³/mol. The van der Waals surface area contributed by atoms with Crippen molar-refractivity contribution >= 4 is 33.4 Å². The van der Waals surface area contributed by atoms with Crippen LogP contribution in [0.5, 0.6) is 0 Å². The van der Waals surface area contributed by atoms with E-state index < -0.39 is 0 Å². The Kier molecular flexibility index (Phi) is 4.97. The summed E-state index contributed by atoms with van der Waals surface area (Å²) < 4.78 is 19.1. The summed E-state index contributed by atoms with van der Waals surface area (Å²) in [5, 5.41) is 4.60. The molecule has 0 radical (unpaired) electrons. The van der Waals surface area contributed by atoms with Crippen LogP contribution in [0.3, 0.4) is 0 Å². The molecule has 1 fully saturated rings. The average Bonchev–Trinajstić information content (AvgIpc) is 3.27. The van der Waals surface area contributed by atoms with Crippen molar-refractivity contribution in [3.63, 3.8) is 0 Å². The fraction of sp³-hybridized carbons (Fsp3) is 0.211. The first-order valence-corrected chi connectivity index (χ1v) is 9.48. The lowest BCUT2D eigenvalue weighted by atomic mass is 10.1. The molecule has 138 valence electrons. The zero-order chi connectivity index (χ0) is 19.0. The molecule has 2 heterocycles. The van der Waals surface area contributed by atoms with Gasteiger partial charge in [-0.2, -0.15) is 4.98 Å². The number of rotatable bonds is 4. The van der Waals surface area contributed by atoms with Gasteiger partial charge in [-0.3, -0.25) is 4.79 Å². The lowest BCUT2D eigenvalue weighted by molar-refractivity contribution is -0.128. The number of carbonyl (C=O) groups excluding carboxylic acids is 1. The quantitative estimate of drug-likeness (QED) is 0.572. The molecule has 0 saturated carbocycles. The maximum absolute atomic E-state index is 13.4. The second kappa shape index (κ2) is 7.40. The van der Waals surface area contributed by atoms with Gasteiger partial charge in [0, 0.05) is 30.1 Å². The lowest BCUT2D eigenvalue weighted by Crippen LogP contribution is -2.24. The van der Waals surface area contributed by atoms with E-state index in [1.165, 1.54) is 6.07 Å². The van der Waals surface area contributed by atoms with Crippen LogP contribution in [-0.4, -0.2) is 27.5 Å². The number of amides is 1. The van der Waals surface area contributed by atoms with Crippen LogP contribution in [-0.2, 0) is 11.3 Å². The molecule has 5 nitrogen and oxygen atoms in total. The van der Waals surface area contributed by atoms with Crippen molar-refractivity contribution in [3.8, 4) is 11.4 Å². The molecule has 2 aromatic carbocycles. The van der Waals surface area contributed by atoms with Crippen molar-refractivity contribution in [1.29, 1.82) is 0 Å². The molecule has 0 N–H and O–H groups in total. The second-order valence-corrected chi connectivity index (χ2v) is 7.61. The minimum Gasteiger partial charge on any atom is -0.339 e. The fourth-order valence-corrected chi connectivity index (χ4v) is 3.65. The molecular weight excluding hydrogens is 437 g/mol. The molecule has 1 atom stereocenters.